The summed E-state index contributed by atoms with van der Waals surface area (Å²) in [4.78, 5) is 34.2. The summed E-state index contributed by atoms with van der Waals surface area (Å²) < 4.78 is 11.0. The molecule has 1 aliphatic rings. The maximum atomic E-state index is 13.2. The van der Waals surface area contributed by atoms with E-state index in [4.69, 9.17) is 13.8 Å². The molecular formula is C27H31N3O4. The van der Waals surface area contributed by atoms with E-state index in [2.05, 4.69) is 0 Å². The molecule has 3 aromatic heterocycles. The summed E-state index contributed by atoms with van der Waals surface area (Å²) in [6.45, 7) is 7.46. The van der Waals surface area contributed by atoms with Crippen molar-refractivity contribution in [3.8, 4) is 0 Å². The van der Waals surface area contributed by atoms with Gasteiger partial charge in [-0.2, -0.15) is 0 Å². The minimum absolute atomic E-state index is 0.0307. The Labute approximate surface area is 200 Å². The second kappa shape index (κ2) is 10.1. The molecule has 0 aliphatic carbocycles. The van der Waals surface area contributed by atoms with Crippen LogP contribution in [0.1, 0.15) is 63.3 Å². The Bertz CT molecular complexity index is 1170. The Hall–Kier alpha value is -3.61. The Morgan fingerprint density at radius 1 is 1.18 bits per heavy atom. The summed E-state index contributed by atoms with van der Waals surface area (Å²) in [5.74, 6) is 2.29. The fourth-order valence-corrected chi connectivity index (χ4v) is 4.30. The zero-order valence-electron chi connectivity index (χ0n) is 20.2. The van der Waals surface area contributed by atoms with Gasteiger partial charge >= 0.3 is 0 Å². The van der Waals surface area contributed by atoms with Gasteiger partial charge in [-0.15, -0.1) is 0 Å². The molecule has 4 rings (SSSR count). The fraction of sp³-hybridized carbons (Fsp3) is 0.370. The van der Waals surface area contributed by atoms with Gasteiger partial charge in [-0.25, -0.2) is 0 Å². The first kappa shape index (κ1) is 23.5. The van der Waals surface area contributed by atoms with Gasteiger partial charge in [0, 0.05) is 37.8 Å². The molecule has 0 unspecified atom stereocenters. The lowest BCUT2D eigenvalue weighted by molar-refractivity contribution is -0.127. The van der Waals surface area contributed by atoms with Crippen LogP contribution < -0.4 is 0 Å². The van der Waals surface area contributed by atoms with Gasteiger partial charge in [-0.1, -0.05) is 0 Å². The van der Waals surface area contributed by atoms with E-state index in [1.807, 2.05) is 56.0 Å². The number of amides is 2. The SMILES string of the molecule is Cc1ccc(C(=O)N(C)Cc2ccco2)c(C2CCN(C(=O)/C=C/c3cc(C)c(C)o3)CC2)n1. The van der Waals surface area contributed by atoms with E-state index in [1.165, 1.54) is 0 Å². The van der Waals surface area contributed by atoms with Gasteiger partial charge < -0.3 is 18.6 Å². The maximum absolute atomic E-state index is 13.2. The van der Waals surface area contributed by atoms with Crippen molar-refractivity contribution in [1.29, 1.82) is 0 Å². The van der Waals surface area contributed by atoms with Crippen LogP contribution >= 0.6 is 0 Å². The van der Waals surface area contributed by atoms with Crippen LogP contribution in [0.2, 0.25) is 0 Å². The zero-order valence-corrected chi connectivity index (χ0v) is 20.2. The summed E-state index contributed by atoms with van der Waals surface area (Å²) in [5, 5.41) is 0. The monoisotopic (exact) mass is 461 g/mol. The van der Waals surface area contributed by atoms with Crippen LogP contribution in [0.4, 0.5) is 0 Å². The number of hydrogen-bond donors (Lipinski definition) is 0. The molecule has 178 valence electrons. The maximum Gasteiger partial charge on any atom is 0.255 e. The molecule has 2 amide bonds. The molecule has 0 atom stereocenters. The number of aromatic nitrogens is 1. The smallest absolute Gasteiger partial charge is 0.255 e. The number of pyridine rings is 1. The molecule has 7 heteroatoms. The van der Waals surface area contributed by atoms with Crippen molar-refractivity contribution >= 4 is 17.9 Å². The third-order valence-electron chi connectivity index (χ3n) is 6.38. The molecule has 0 aromatic carbocycles. The average molecular weight is 462 g/mol. The van der Waals surface area contributed by atoms with Gasteiger partial charge in [0.25, 0.3) is 5.91 Å². The van der Waals surface area contributed by atoms with E-state index >= 15 is 0 Å². The minimum atomic E-state index is -0.0793. The third kappa shape index (κ3) is 5.30. The molecule has 1 aliphatic heterocycles. The highest BCUT2D eigenvalue weighted by Crippen LogP contribution is 2.30. The second-order valence-electron chi connectivity index (χ2n) is 8.95. The molecule has 1 fully saturated rings. The molecule has 3 aromatic rings. The standard InChI is InChI=1S/C27H31N3O4/c1-18-16-22(34-20(18)3)8-10-25(31)30-13-11-21(12-14-30)26-24(9-7-19(2)28-26)27(32)29(4)17-23-6-5-15-33-23/h5-10,15-16,21H,11-14,17H2,1-4H3/b10-8+. The quantitative estimate of drug-likeness (QED) is 0.489. The Balaban J connectivity index is 1.42. The van der Waals surface area contributed by atoms with Crippen LogP contribution in [0.15, 0.2) is 51.5 Å². The van der Waals surface area contributed by atoms with E-state index in [-0.39, 0.29) is 17.7 Å². The van der Waals surface area contributed by atoms with Crippen molar-refractivity contribution in [2.75, 3.05) is 20.1 Å². The molecule has 34 heavy (non-hydrogen) atoms. The number of likely N-dealkylation sites (tertiary alicyclic amines) is 1. The van der Waals surface area contributed by atoms with Crippen molar-refractivity contribution in [2.45, 2.75) is 46.1 Å². The first-order valence-corrected chi connectivity index (χ1v) is 11.6. The van der Waals surface area contributed by atoms with Gasteiger partial charge in [0.2, 0.25) is 5.91 Å². The number of carbonyl (C=O) groups excluding carboxylic acids is 2. The van der Waals surface area contributed by atoms with Crippen molar-refractivity contribution in [2.24, 2.45) is 0 Å². The molecular weight excluding hydrogens is 430 g/mol. The van der Waals surface area contributed by atoms with Crippen molar-refractivity contribution in [3.63, 3.8) is 0 Å². The highest BCUT2D eigenvalue weighted by Gasteiger charge is 2.28. The summed E-state index contributed by atoms with van der Waals surface area (Å²) >= 11 is 0. The van der Waals surface area contributed by atoms with Gasteiger partial charge in [-0.3, -0.25) is 14.6 Å². The summed E-state index contributed by atoms with van der Waals surface area (Å²) in [5.41, 5.74) is 3.39. The van der Waals surface area contributed by atoms with Crippen molar-refractivity contribution < 1.29 is 18.4 Å². The van der Waals surface area contributed by atoms with Gasteiger partial charge in [-0.05, 0) is 75.6 Å². The third-order valence-corrected chi connectivity index (χ3v) is 6.38. The predicted octanol–water partition coefficient (Wildman–Crippen LogP) is 4.88. The Kier molecular flexibility index (Phi) is 7.01. The van der Waals surface area contributed by atoms with Crippen LogP contribution in [0, 0.1) is 20.8 Å². The van der Waals surface area contributed by atoms with Crippen LogP contribution in [-0.2, 0) is 11.3 Å². The normalized spacial score (nSPS) is 14.6. The van der Waals surface area contributed by atoms with Crippen LogP contribution in [0.25, 0.3) is 6.08 Å². The van der Waals surface area contributed by atoms with E-state index in [0.29, 0.717) is 31.0 Å². The predicted molar refractivity (Wildman–Crippen MR) is 129 cm³/mol. The Morgan fingerprint density at radius 2 is 1.94 bits per heavy atom. The molecule has 0 N–H and O–H groups in total. The summed E-state index contributed by atoms with van der Waals surface area (Å²) in [7, 11) is 1.77. The Morgan fingerprint density at radius 3 is 2.59 bits per heavy atom. The van der Waals surface area contributed by atoms with Crippen LogP contribution in [0.3, 0.4) is 0 Å². The minimum Gasteiger partial charge on any atom is -0.467 e. The molecule has 7 nitrogen and oxygen atoms in total. The molecule has 0 spiro atoms. The number of hydrogen-bond acceptors (Lipinski definition) is 5. The molecule has 4 heterocycles. The lowest BCUT2D eigenvalue weighted by Crippen LogP contribution is -2.37. The van der Waals surface area contributed by atoms with Crippen molar-refractivity contribution in [3.05, 3.63) is 82.5 Å². The average Bonchev–Trinajstić information content (AvgIpc) is 3.46. The number of rotatable bonds is 6. The van der Waals surface area contributed by atoms with E-state index in [0.717, 1.165) is 41.3 Å². The van der Waals surface area contributed by atoms with Crippen LogP contribution in [-0.4, -0.2) is 46.7 Å². The molecule has 0 radical (unpaired) electrons. The molecule has 0 saturated carbocycles. The van der Waals surface area contributed by atoms with Crippen LogP contribution in [0.5, 0.6) is 0 Å². The lowest BCUT2D eigenvalue weighted by atomic mass is 9.89. The largest absolute Gasteiger partial charge is 0.467 e. The number of aryl methyl sites for hydroxylation is 3. The topological polar surface area (TPSA) is 79.8 Å². The fourth-order valence-electron chi connectivity index (χ4n) is 4.30. The number of nitrogens with zero attached hydrogens (tertiary/aromatic N) is 3. The number of piperidine rings is 1. The lowest BCUT2D eigenvalue weighted by Gasteiger charge is -2.32. The van der Waals surface area contributed by atoms with Crippen molar-refractivity contribution in [1.82, 2.24) is 14.8 Å². The first-order valence-electron chi connectivity index (χ1n) is 11.6. The molecule has 1 saturated heterocycles. The number of furan rings is 2. The molecule has 0 bridgehead atoms. The highest BCUT2D eigenvalue weighted by molar-refractivity contribution is 5.95. The zero-order chi connectivity index (χ0) is 24.2. The summed E-state index contributed by atoms with van der Waals surface area (Å²) in [6.07, 6.45) is 6.42. The highest BCUT2D eigenvalue weighted by atomic mass is 16.3. The van der Waals surface area contributed by atoms with Gasteiger partial charge in [0.1, 0.15) is 17.3 Å². The van der Waals surface area contributed by atoms with E-state index in [1.54, 1.807) is 30.4 Å². The summed E-state index contributed by atoms with van der Waals surface area (Å²) in [6, 6.07) is 9.34. The van der Waals surface area contributed by atoms with E-state index in [9.17, 15) is 9.59 Å². The van der Waals surface area contributed by atoms with Gasteiger partial charge in [0.15, 0.2) is 0 Å². The first-order chi connectivity index (χ1) is 16.3. The van der Waals surface area contributed by atoms with E-state index < -0.39 is 0 Å². The number of carbonyl (C=O) groups is 2. The second-order valence-corrected chi connectivity index (χ2v) is 8.95. The van der Waals surface area contributed by atoms with Gasteiger partial charge in [0.05, 0.1) is 24.1 Å².